The molecule has 0 radical (unpaired) electrons. The van der Waals surface area contributed by atoms with Crippen molar-refractivity contribution < 1.29 is 14.4 Å². The Morgan fingerprint density at radius 1 is 1.32 bits per heavy atom. The number of H-pyrrole nitrogens is 1. The highest BCUT2D eigenvalue weighted by molar-refractivity contribution is 7.80. The van der Waals surface area contributed by atoms with Crippen molar-refractivity contribution in [2.75, 3.05) is 25.4 Å². The number of hydrogen-bond acceptors (Lipinski definition) is 6. The van der Waals surface area contributed by atoms with Crippen LogP contribution in [0.1, 0.15) is 5.69 Å². The van der Waals surface area contributed by atoms with Gasteiger partial charge in [0.25, 0.3) is 0 Å². The summed E-state index contributed by atoms with van der Waals surface area (Å²) >= 11 is 4.01. The molecule has 0 saturated carbocycles. The summed E-state index contributed by atoms with van der Waals surface area (Å²) in [7, 11) is 0. The van der Waals surface area contributed by atoms with Crippen molar-refractivity contribution in [2.45, 2.75) is 12.5 Å². The lowest BCUT2D eigenvalue weighted by molar-refractivity contribution is -0.129. The Kier molecular flexibility index (Phi) is 8.00. The average Bonchev–Trinajstić information content (AvgIpc) is 3.02. The SMILES string of the molecule is NCC(=O)NCC(=O)N[C@@H](Cc1cnc[nH]1)C(=O)NCCS. The molecule has 0 spiro atoms. The molecule has 3 amide bonds. The van der Waals surface area contributed by atoms with Crippen LogP contribution in [0.3, 0.4) is 0 Å². The van der Waals surface area contributed by atoms with E-state index in [1.54, 1.807) is 6.20 Å². The topological polar surface area (TPSA) is 142 Å². The van der Waals surface area contributed by atoms with Crippen LogP contribution in [0.2, 0.25) is 0 Å². The molecule has 6 N–H and O–H groups in total. The third-order valence-corrected chi connectivity index (χ3v) is 2.90. The number of thiol groups is 1. The van der Waals surface area contributed by atoms with Crippen molar-refractivity contribution in [3.63, 3.8) is 0 Å². The fraction of sp³-hybridized carbons (Fsp3) is 0.500. The fourth-order valence-electron chi connectivity index (χ4n) is 1.62. The van der Waals surface area contributed by atoms with E-state index in [1.807, 2.05) is 0 Å². The molecular weight excluding hydrogens is 308 g/mol. The number of nitrogens with two attached hydrogens (primary N) is 1. The minimum atomic E-state index is -0.775. The van der Waals surface area contributed by atoms with Crippen molar-refractivity contribution in [3.05, 3.63) is 18.2 Å². The second kappa shape index (κ2) is 9.79. The highest BCUT2D eigenvalue weighted by atomic mass is 32.1. The van der Waals surface area contributed by atoms with Crippen molar-refractivity contribution in [1.82, 2.24) is 25.9 Å². The first-order valence-corrected chi connectivity index (χ1v) is 7.32. The van der Waals surface area contributed by atoms with E-state index in [-0.39, 0.29) is 25.4 Å². The van der Waals surface area contributed by atoms with Crippen LogP contribution in [0.15, 0.2) is 12.5 Å². The summed E-state index contributed by atoms with van der Waals surface area (Å²) in [6.45, 7) is -0.0517. The standard InChI is InChI=1S/C12H20N6O3S/c13-4-10(19)16-6-11(20)18-9(12(21)15-1-2-22)3-8-5-14-7-17-8/h5,7,9,22H,1-4,6,13H2,(H,14,17)(H,15,21)(H,16,19)(H,18,20)/t9-/m0/s1. The molecule has 9 nitrogen and oxygen atoms in total. The van der Waals surface area contributed by atoms with Gasteiger partial charge in [-0.1, -0.05) is 0 Å². The highest BCUT2D eigenvalue weighted by Crippen LogP contribution is 1.99. The predicted octanol–water partition coefficient (Wildman–Crippen LogP) is -2.44. The smallest absolute Gasteiger partial charge is 0.243 e. The van der Waals surface area contributed by atoms with Gasteiger partial charge in [0, 0.05) is 30.6 Å². The van der Waals surface area contributed by atoms with Crippen molar-refractivity contribution in [2.24, 2.45) is 5.73 Å². The first kappa shape index (κ1) is 18.0. The van der Waals surface area contributed by atoms with Gasteiger partial charge < -0.3 is 26.7 Å². The molecule has 22 heavy (non-hydrogen) atoms. The summed E-state index contributed by atoms with van der Waals surface area (Å²) in [5.41, 5.74) is 5.83. The second-order valence-corrected chi connectivity index (χ2v) is 4.84. The summed E-state index contributed by atoms with van der Waals surface area (Å²) in [6.07, 6.45) is 3.32. The molecule has 1 aromatic rings. The van der Waals surface area contributed by atoms with E-state index < -0.39 is 17.9 Å². The van der Waals surface area contributed by atoms with Crippen LogP contribution in [-0.4, -0.2) is 59.1 Å². The lowest BCUT2D eigenvalue weighted by atomic mass is 10.1. The number of aromatic amines is 1. The van der Waals surface area contributed by atoms with Gasteiger partial charge in [-0.05, 0) is 0 Å². The Morgan fingerprint density at radius 2 is 2.09 bits per heavy atom. The van der Waals surface area contributed by atoms with Gasteiger partial charge in [0.1, 0.15) is 6.04 Å². The van der Waals surface area contributed by atoms with E-state index in [4.69, 9.17) is 5.73 Å². The minimum Gasteiger partial charge on any atom is -0.353 e. The van der Waals surface area contributed by atoms with Gasteiger partial charge >= 0.3 is 0 Å². The van der Waals surface area contributed by atoms with Crippen molar-refractivity contribution in [3.8, 4) is 0 Å². The molecular formula is C12H20N6O3S. The maximum atomic E-state index is 12.1. The minimum absolute atomic E-state index is 0.201. The third-order valence-electron chi connectivity index (χ3n) is 2.67. The lowest BCUT2D eigenvalue weighted by Crippen LogP contribution is -2.51. The van der Waals surface area contributed by atoms with Crippen LogP contribution >= 0.6 is 12.6 Å². The summed E-state index contributed by atoms with van der Waals surface area (Å²) in [5, 5.41) is 7.56. The normalized spacial score (nSPS) is 11.5. The zero-order valence-corrected chi connectivity index (χ0v) is 12.9. The first-order valence-electron chi connectivity index (χ1n) is 6.68. The summed E-state index contributed by atoms with van der Waals surface area (Å²) in [5.74, 6) is -0.766. The first-order chi connectivity index (χ1) is 10.6. The summed E-state index contributed by atoms with van der Waals surface area (Å²) in [4.78, 5) is 41.6. The Balaban J connectivity index is 2.58. The van der Waals surface area contributed by atoms with Crippen molar-refractivity contribution >= 4 is 30.4 Å². The molecule has 0 bridgehead atoms. The Labute approximate surface area is 133 Å². The molecule has 0 saturated heterocycles. The van der Waals surface area contributed by atoms with E-state index in [0.717, 1.165) is 0 Å². The van der Waals surface area contributed by atoms with Gasteiger partial charge in [-0.3, -0.25) is 14.4 Å². The van der Waals surface area contributed by atoms with E-state index in [1.165, 1.54) is 6.33 Å². The molecule has 1 heterocycles. The van der Waals surface area contributed by atoms with Crippen LogP contribution in [0.25, 0.3) is 0 Å². The molecule has 1 aromatic heterocycles. The number of imidazole rings is 1. The zero-order valence-electron chi connectivity index (χ0n) is 12.0. The lowest BCUT2D eigenvalue weighted by Gasteiger charge is -2.18. The largest absolute Gasteiger partial charge is 0.353 e. The number of hydrogen-bond donors (Lipinski definition) is 6. The van der Waals surface area contributed by atoms with E-state index in [9.17, 15) is 14.4 Å². The monoisotopic (exact) mass is 328 g/mol. The molecule has 0 unspecified atom stereocenters. The van der Waals surface area contributed by atoms with Gasteiger partial charge in [0.2, 0.25) is 17.7 Å². The molecule has 0 aromatic carbocycles. The van der Waals surface area contributed by atoms with Crippen LogP contribution in [0.4, 0.5) is 0 Å². The maximum Gasteiger partial charge on any atom is 0.243 e. The van der Waals surface area contributed by atoms with E-state index in [2.05, 4.69) is 38.5 Å². The molecule has 0 aliphatic rings. The van der Waals surface area contributed by atoms with Gasteiger partial charge in [0.15, 0.2) is 0 Å². The summed E-state index contributed by atoms with van der Waals surface area (Å²) < 4.78 is 0. The fourth-order valence-corrected chi connectivity index (χ4v) is 1.74. The maximum absolute atomic E-state index is 12.1. The van der Waals surface area contributed by atoms with Gasteiger partial charge in [-0.15, -0.1) is 0 Å². The number of nitrogens with zero attached hydrogens (tertiary/aromatic N) is 1. The average molecular weight is 328 g/mol. The second-order valence-electron chi connectivity index (χ2n) is 4.40. The molecule has 0 fully saturated rings. The van der Waals surface area contributed by atoms with E-state index >= 15 is 0 Å². The van der Waals surface area contributed by atoms with Crippen molar-refractivity contribution in [1.29, 1.82) is 0 Å². The number of carbonyl (C=O) groups excluding carboxylic acids is 3. The molecule has 1 rings (SSSR count). The molecule has 1 atom stereocenters. The van der Waals surface area contributed by atoms with Crippen LogP contribution < -0.4 is 21.7 Å². The Hall–Kier alpha value is -2.07. The third kappa shape index (κ3) is 6.59. The van der Waals surface area contributed by atoms with E-state index in [0.29, 0.717) is 18.0 Å². The number of rotatable bonds is 9. The number of amides is 3. The molecule has 0 aliphatic heterocycles. The Morgan fingerprint density at radius 3 is 2.68 bits per heavy atom. The Bertz CT molecular complexity index is 493. The number of aromatic nitrogens is 2. The van der Waals surface area contributed by atoms with Crippen LogP contribution in [0, 0.1) is 0 Å². The van der Waals surface area contributed by atoms with Crippen LogP contribution in [-0.2, 0) is 20.8 Å². The van der Waals surface area contributed by atoms with Gasteiger partial charge in [0.05, 0.1) is 19.4 Å². The van der Waals surface area contributed by atoms with Crippen LogP contribution in [0.5, 0.6) is 0 Å². The van der Waals surface area contributed by atoms with Gasteiger partial charge in [-0.2, -0.15) is 12.6 Å². The summed E-state index contributed by atoms with van der Waals surface area (Å²) in [6, 6.07) is -0.775. The zero-order chi connectivity index (χ0) is 16.4. The predicted molar refractivity (Wildman–Crippen MR) is 83.1 cm³/mol. The van der Waals surface area contributed by atoms with Gasteiger partial charge in [-0.25, -0.2) is 4.98 Å². The number of carbonyl (C=O) groups is 3. The molecule has 0 aliphatic carbocycles. The number of nitrogens with one attached hydrogen (secondary N) is 4. The highest BCUT2D eigenvalue weighted by Gasteiger charge is 2.21. The molecule has 122 valence electrons. The molecule has 10 heteroatoms. The quantitative estimate of drug-likeness (QED) is 0.279.